The molecular formula is C68H102O4Si. The summed E-state index contributed by atoms with van der Waals surface area (Å²) < 4.78 is 18.9. The molecule has 4 nitrogen and oxygen atoms in total. The Hall–Kier alpha value is -2.89. The molecule has 16 atom stereocenters. The molecule has 0 aromatic heterocycles. The summed E-state index contributed by atoms with van der Waals surface area (Å²) in [6.45, 7) is 32.5. The van der Waals surface area contributed by atoms with Crippen LogP contribution in [0, 0.1) is 80.8 Å². The van der Waals surface area contributed by atoms with Crippen molar-refractivity contribution in [1.82, 2.24) is 0 Å². The molecule has 0 N–H and O–H groups in total. The third-order valence-corrected chi connectivity index (χ3v) is 28.4. The van der Waals surface area contributed by atoms with Crippen molar-refractivity contribution in [1.29, 1.82) is 0 Å². The number of benzene rings is 1. The smallest absolute Gasteiger partial charge is 0.338 e. The van der Waals surface area contributed by atoms with Crippen LogP contribution in [0.1, 0.15) is 202 Å². The molecule has 1 aromatic carbocycles. The molecule has 0 spiro atoms. The lowest BCUT2D eigenvalue weighted by Crippen LogP contribution is -2.52. The summed E-state index contributed by atoms with van der Waals surface area (Å²) in [4.78, 5) is 13.1. The first-order valence-electron chi connectivity index (χ1n) is 30.1. The molecule has 0 saturated heterocycles. The fourth-order valence-corrected chi connectivity index (χ4v) is 20.8. The fraction of sp³-hybridized carbons (Fsp3) is 0.721. The summed E-state index contributed by atoms with van der Waals surface area (Å²) in [7, 11) is -0.363. The molecule has 8 aliphatic carbocycles. The van der Waals surface area contributed by atoms with E-state index in [0.717, 1.165) is 85.2 Å². The van der Waals surface area contributed by atoms with Crippen LogP contribution >= 0.6 is 0 Å². The van der Waals surface area contributed by atoms with Crippen LogP contribution in [0.25, 0.3) is 0 Å². The van der Waals surface area contributed by atoms with Gasteiger partial charge in [-0.25, -0.2) is 4.79 Å². The number of hydrogen-bond donors (Lipinski definition) is 0. The van der Waals surface area contributed by atoms with E-state index in [1.165, 1.54) is 94.6 Å². The van der Waals surface area contributed by atoms with Crippen LogP contribution in [-0.4, -0.2) is 33.6 Å². The molecule has 0 heterocycles. The average molecular weight is 1010 g/mol. The Balaban J connectivity index is 0.751. The molecule has 0 aliphatic heterocycles. The molecule has 1 unspecified atom stereocenters. The molecule has 0 amide bonds. The normalized spacial score (nSPS) is 39.2. The lowest BCUT2D eigenvalue weighted by atomic mass is 9.47. The highest BCUT2D eigenvalue weighted by molar-refractivity contribution is 6.74. The molecule has 0 bridgehead atoms. The molecule has 9 rings (SSSR count). The predicted octanol–water partition coefficient (Wildman–Crippen LogP) is 18.8. The predicted molar refractivity (Wildman–Crippen MR) is 308 cm³/mol. The maximum absolute atomic E-state index is 13.1. The van der Waals surface area contributed by atoms with Gasteiger partial charge in [-0.3, -0.25) is 0 Å². The van der Waals surface area contributed by atoms with Crippen molar-refractivity contribution in [2.45, 2.75) is 222 Å². The van der Waals surface area contributed by atoms with Gasteiger partial charge in [0.1, 0.15) is 11.9 Å². The molecule has 6 saturated carbocycles. The Bertz CT molecular complexity index is 2340. The minimum Gasteiger partial charge on any atom is -0.497 e. The third kappa shape index (κ3) is 10.4. The van der Waals surface area contributed by atoms with Crippen molar-refractivity contribution >= 4 is 14.3 Å². The lowest BCUT2D eigenvalue weighted by molar-refractivity contribution is -0.0565. The fourth-order valence-electron chi connectivity index (χ4n) is 18.8. The van der Waals surface area contributed by atoms with Gasteiger partial charge >= 0.3 is 5.97 Å². The van der Waals surface area contributed by atoms with Crippen molar-refractivity contribution in [3.8, 4) is 5.75 Å². The number of ether oxygens (including phenoxy) is 2. The van der Waals surface area contributed by atoms with Gasteiger partial charge in [0, 0.05) is 12.5 Å². The van der Waals surface area contributed by atoms with Gasteiger partial charge in [0.15, 0.2) is 8.32 Å². The number of fused-ring (bicyclic) bond motifs is 10. The molecule has 1 aromatic rings. The molecule has 8 aliphatic rings. The van der Waals surface area contributed by atoms with Gasteiger partial charge in [-0.1, -0.05) is 126 Å². The van der Waals surface area contributed by atoms with Crippen molar-refractivity contribution in [2.75, 3.05) is 7.11 Å². The summed E-state index contributed by atoms with van der Waals surface area (Å²) in [6.07, 6.45) is 42.9. The number of rotatable bonds is 15. The van der Waals surface area contributed by atoms with Gasteiger partial charge in [0.25, 0.3) is 0 Å². The number of allylic oxidation sites excluding steroid dienone is 10. The molecule has 402 valence electrons. The van der Waals surface area contributed by atoms with E-state index in [1.54, 1.807) is 18.3 Å². The number of carbonyl (C=O) groups excluding carboxylic acids is 1. The first-order valence-corrected chi connectivity index (χ1v) is 33.0. The Kier molecular flexibility index (Phi) is 15.9. The standard InChI is InChI=1S/C68H102O4Si/c1-45(2)17-15-19-47(4)57-29-31-60-56-28-24-51-44-54(35-40-66(51,9)62(56)37-42-67(57,60)10)72-73(13,14)64(6,7)38-33-46(3)18-16-20-48(5)58-30-32-59-55-27-23-50-43-53(71-63(69)49-21-25-52(70-12)26-22-49)34-39-65(50,8)61(55)36-41-68(58,59)11/h15-26,47-48,53-62H,27-44H2,1-14H3/b19-15-,20-16-,46-18+/t47-,48-,53+,54+,55+,56+,57-,58-,59+,60+,61+,62?,65+,66+,67-,68-/m1/s1. The highest BCUT2D eigenvalue weighted by Gasteiger charge is 2.61. The molecule has 6 fully saturated rings. The highest BCUT2D eigenvalue weighted by Crippen LogP contribution is 2.69. The van der Waals surface area contributed by atoms with E-state index >= 15 is 0 Å². The van der Waals surface area contributed by atoms with Crippen LogP contribution in [0.15, 0.2) is 95.2 Å². The summed E-state index contributed by atoms with van der Waals surface area (Å²) in [5.41, 5.74) is 8.31. The van der Waals surface area contributed by atoms with Crippen LogP contribution in [0.4, 0.5) is 0 Å². The molecule has 0 radical (unpaired) electrons. The number of hydrogen-bond acceptors (Lipinski definition) is 4. The van der Waals surface area contributed by atoms with E-state index < -0.39 is 8.32 Å². The van der Waals surface area contributed by atoms with Gasteiger partial charge in [-0.15, -0.1) is 0 Å². The van der Waals surface area contributed by atoms with E-state index in [2.05, 4.69) is 138 Å². The lowest BCUT2D eigenvalue weighted by Gasteiger charge is -2.59. The second kappa shape index (κ2) is 21.2. The van der Waals surface area contributed by atoms with Crippen LogP contribution in [0.5, 0.6) is 5.75 Å². The monoisotopic (exact) mass is 1010 g/mol. The highest BCUT2D eigenvalue weighted by atomic mass is 28.4. The SMILES string of the molecule is COc1ccc(C(=O)O[C@H]2CC[C@@]3(C)C(=CC[C@H]4[C@@H]5CC[C@H]([C@H](C)/C=C\C=C(/C)CCC(C)(C)[Si](C)(C)O[C@H]6CC[C@@]7(C)C(=CC[C@@H]8C7CC[C@]7(C)[C@@H]([C@H](C)/C=C\C=C(C)C)CC[C@@H]87)C6)[C@@]5(C)CC[C@@H]43)C2)cc1. The van der Waals surface area contributed by atoms with Crippen LogP contribution in [0.2, 0.25) is 18.1 Å². The Morgan fingerprint density at radius 2 is 1.19 bits per heavy atom. The van der Waals surface area contributed by atoms with E-state index in [-0.39, 0.29) is 22.5 Å². The van der Waals surface area contributed by atoms with E-state index in [0.29, 0.717) is 39.7 Å². The van der Waals surface area contributed by atoms with Gasteiger partial charge in [-0.2, -0.15) is 0 Å². The van der Waals surface area contributed by atoms with Crippen LogP contribution in [0.3, 0.4) is 0 Å². The van der Waals surface area contributed by atoms with Crippen LogP contribution < -0.4 is 4.74 Å². The van der Waals surface area contributed by atoms with E-state index in [1.807, 2.05) is 24.3 Å². The first-order chi connectivity index (χ1) is 34.5. The summed E-state index contributed by atoms with van der Waals surface area (Å²) >= 11 is 0. The minimum atomic E-state index is -2.01. The molecule has 73 heavy (non-hydrogen) atoms. The zero-order valence-corrected chi connectivity index (χ0v) is 49.7. The van der Waals surface area contributed by atoms with Gasteiger partial charge < -0.3 is 13.9 Å². The molecule has 5 heteroatoms. The largest absolute Gasteiger partial charge is 0.497 e. The van der Waals surface area contributed by atoms with Crippen LogP contribution in [-0.2, 0) is 9.16 Å². The van der Waals surface area contributed by atoms with Gasteiger partial charge in [0.2, 0.25) is 0 Å². The zero-order chi connectivity index (χ0) is 52.3. The Morgan fingerprint density at radius 1 is 0.685 bits per heavy atom. The summed E-state index contributed by atoms with van der Waals surface area (Å²) in [6, 6.07) is 7.30. The number of esters is 1. The van der Waals surface area contributed by atoms with Gasteiger partial charge in [-0.05, 0) is 253 Å². The first kappa shape index (κ1) is 54.9. The summed E-state index contributed by atoms with van der Waals surface area (Å²) in [5, 5.41) is 0.194. The minimum absolute atomic E-state index is 0.0354. The second-order valence-corrected chi connectivity index (χ2v) is 33.2. The van der Waals surface area contributed by atoms with E-state index in [9.17, 15) is 4.79 Å². The molecular weight excluding hydrogens is 909 g/mol. The van der Waals surface area contributed by atoms with E-state index in [4.69, 9.17) is 13.9 Å². The Morgan fingerprint density at radius 3 is 1.71 bits per heavy atom. The van der Waals surface area contributed by atoms with Crippen molar-refractivity contribution < 1.29 is 18.7 Å². The maximum Gasteiger partial charge on any atom is 0.338 e. The summed E-state index contributed by atoms with van der Waals surface area (Å²) in [5.74, 6) is 8.25. The quantitative estimate of drug-likeness (QED) is 0.0760. The Labute approximate surface area is 447 Å². The van der Waals surface area contributed by atoms with Crippen molar-refractivity contribution in [2.24, 2.45) is 80.8 Å². The van der Waals surface area contributed by atoms with Gasteiger partial charge in [0.05, 0.1) is 12.7 Å². The number of methoxy groups -OCH3 is 1. The average Bonchev–Trinajstić information content (AvgIpc) is 3.90. The second-order valence-electron chi connectivity index (χ2n) is 28.6. The third-order valence-electron chi connectivity index (χ3n) is 24.0. The zero-order valence-electron chi connectivity index (χ0n) is 48.7. The number of carbonyl (C=O) groups is 1. The van der Waals surface area contributed by atoms with Crippen molar-refractivity contribution in [3.05, 3.63) is 101 Å². The maximum atomic E-state index is 13.1. The van der Waals surface area contributed by atoms with Crippen molar-refractivity contribution in [3.63, 3.8) is 0 Å². The topological polar surface area (TPSA) is 44.8 Å².